The van der Waals surface area contributed by atoms with E-state index in [1.54, 1.807) is 18.2 Å². The van der Waals surface area contributed by atoms with Gasteiger partial charge in [-0.25, -0.2) is 13.4 Å². The van der Waals surface area contributed by atoms with Gasteiger partial charge in [0.1, 0.15) is 11.0 Å². The Bertz CT molecular complexity index is 823. The van der Waals surface area contributed by atoms with Crippen LogP contribution < -0.4 is 4.90 Å². The lowest BCUT2D eigenvalue weighted by Gasteiger charge is -2.35. The van der Waals surface area contributed by atoms with Gasteiger partial charge in [-0.1, -0.05) is 23.7 Å². The molecule has 0 aliphatic carbocycles. The van der Waals surface area contributed by atoms with Crippen molar-refractivity contribution < 1.29 is 13.2 Å². The number of hydrogen-bond acceptors (Lipinski definition) is 5. The van der Waals surface area contributed by atoms with E-state index in [0.29, 0.717) is 31.0 Å². The molecule has 0 unspecified atom stereocenters. The zero-order valence-corrected chi connectivity index (χ0v) is 14.0. The summed E-state index contributed by atoms with van der Waals surface area (Å²) < 4.78 is 29.5. The van der Waals surface area contributed by atoms with Gasteiger partial charge in [0.05, 0.1) is 24.2 Å². The number of benzene rings is 1. The minimum absolute atomic E-state index is 0.157. The zero-order valence-electron chi connectivity index (χ0n) is 12.4. The lowest BCUT2D eigenvalue weighted by atomic mass is 10.1. The van der Waals surface area contributed by atoms with Gasteiger partial charge in [0.2, 0.25) is 0 Å². The van der Waals surface area contributed by atoms with Crippen LogP contribution in [0.15, 0.2) is 29.2 Å². The standard InChI is InChI=1S/C15H17ClN2O3S/c1-10-9-21-7-6-18(10)15-11-4-3-5-13(22(2,19)20)12(11)8-14(16)17-15/h3-5,8,10H,6-7,9H2,1-2H3/t10-/m1/s1. The maximum Gasteiger partial charge on any atom is 0.176 e. The summed E-state index contributed by atoms with van der Waals surface area (Å²) in [7, 11) is -3.34. The first-order chi connectivity index (χ1) is 10.4. The van der Waals surface area contributed by atoms with E-state index in [4.69, 9.17) is 16.3 Å². The lowest BCUT2D eigenvalue weighted by Crippen LogP contribution is -2.44. The fraction of sp³-hybridized carbons (Fsp3) is 0.400. The van der Waals surface area contributed by atoms with E-state index in [1.165, 1.54) is 6.26 Å². The average Bonchev–Trinajstić information content (AvgIpc) is 2.45. The molecule has 0 amide bonds. The summed E-state index contributed by atoms with van der Waals surface area (Å²) in [6.07, 6.45) is 1.20. The van der Waals surface area contributed by atoms with Crippen molar-refractivity contribution in [2.45, 2.75) is 17.9 Å². The second-order valence-electron chi connectivity index (χ2n) is 5.51. The van der Waals surface area contributed by atoms with Crippen LogP contribution in [0.5, 0.6) is 0 Å². The number of ether oxygens (including phenoxy) is 1. The van der Waals surface area contributed by atoms with Gasteiger partial charge in [-0.15, -0.1) is 0 Å². The number of morpholine rings is 1. The number of anilines is 1. The number of pyridine rings is 1. The molecule has 2 heterocycles. The molecule has 0 bridgehead atoms. The highest BCUT2D eigenvalue weighted by Crippen LogP contribution is 2.33. The molecule has 2 aromatic rings. The summed E-state index contributed by atoms with van der Waals surface area (Å²) >= 11 is 6.15. The molecule has 5 nitrogen and oxygen atoms in total. The monoisotopic (exact) mass is 340 g/mol. The van der Waals surface area contributed by atoms with Gasteiger partial charge in [-0.05, 0) is 19.1 Å². The predicted octanol–water partition coefficient (Wildman–Crippen LogP) is 2.52. The van der Waals surface area contributed by atoms with Crippen molar-refractivity contribution in [3.8, 4) is 0 Å². The zero-order chi connectivity index (χ0) is 15.9. The van der Waals surface area contributed by atoms with Gasteiger partial charge < -0.3 is 9.64 Å². The Balaban J connectivity index is 2.28. The maximum absolute atomic E-state index is 12.0. The van der Waals surface area contributed by atoms with Crippen molar-refractivity contribution >= 4 is 38.0 Å². The summed E-state index contributed by atoms with van der Waals surface area (Å²) in [5.41, 5.74) is 0. The molecule has 1 fully saturated rings. The van der Waals surface area contributed by atoms with Crippen molar-refractivity contribution in [2.24, 2.45) is 0 Å². The first kappa shape index (κ1) is 15.5. The molecule has 1 atom stereocenters. The molecule has 3 rings (SSSR count). The first-order valence-corrected chi connectivity index (χ1v) is 9.28. The minimum Gasteiger partial charge on any atom is -0.377 e. The van der Waals surface area contributed by atoms with E-state index in [2.05, 4.69) is 9.88 Å². The van der Waals surface area contributed by atoms with E-state index in [1.807, 2.05) is 13.0 Å². The average molecular weight is 341 g/mol. The highest BCUT2D eigenvalue weighted by atomic mass is 35.5. The fourth-order valence-corrected chi connectivity index (χ4v) is 3.87. The third-order valence-electron chi connectivity index (χ3n) is 3.82. The number of aromatic nitrogens is 1. The molecule has 1 aliphatic heterocycles. The number of rotatable bonds is 2. The summed E-state index contributed by atoms with van der Waals surface area (Å²) in [5.74, 6) is 0.712. The quantitative estimate of drug-likeness (QED) is 0.786. The van der Waals surface area contributed by atoms with Crippen molar-refractivity contribution in [1.29, 1.82) is 0 Å². The van der Waals surface area contributed by atoms with Crippen molar-refractivity contribution in [3.05, 3.63) is 29.4 Å². The van der Waals surface area contributed by atoms with E-state index in [9.17, 15) is 8.42 Å². The van der Waals surface area contributed by atoms with E-state index in [-0.39, 0.29) is 16.1 Å². The SMILES string of the molecule is C[C@@H]1COCCN1c1nc(Cl)cc2c(S(C)(=O)=O)cccc12. The number of fused-ring (bicyclic) bond motifs is 1. The Hall–Kier alpha value is -1.37. The number of sulfone groups is 1. The molecule has 1 aromatic carbocycles. The minimum atomic E-state index is -3.34. The Kier molecular flexibility index (Phi) is 4.01. The van der Waals surface area contributed by atoms with E-state index >= 15 is 0 Å². The van der Waals surface area contributed by atoms with Crippen LogP contribution in [0.1, 0.15) is 6.92 Å². The summed E-state index contributed by atoms with van der Waals surface area (Å²) in [6.45, 7) is 3.98. The van der Waals surface area contributed by atoms with Gasteiger partial charge in [0.25, 0.3) is 0 Å². The predicted molar refractivity (Wildman–Crippen MR) is 87.5 cm³/mol. The largest absolute Gasteiger partial charge is 0.377 e. The van der Waals surface area contributed by atoms with Gasteiger partial charge in [-0.2, -0.15) is 0 Å². The third kappa shape index (κ3) is 2.78. The van der Waals surface area contributed by atoms with Crippen molar-refractivity contribution in [2.75, 3.05) is 30.9 Å². The van der Waals surface area contributed by atoms with Crippen molar-refractivity contribution in [1.82, 2.24) is 4.98 Å². The van der Waals surface area contributed by atoms with Crippen LogP contribution >= 0.6 is 11.6 Å². The second kappa shape index (κ2) is 5.68. The molecular formula is C15H17ClN2O3S. The molecule has 0 N–H and O–H groups in total. The fourth-order valence-electron chi connectivity index (χ4n) is 2.78. The summed E-state index contributed by atoms with van der Waals surface area (Å²) in [4.78, 5) is 6.83. The van der Waals surface area contributed by atoms with Crippen LogP contribution in [0.25, 0.3) is 10.8 Å². The smallest absolute Gasteiger partial charge is 0.176 e. The normalized spacial score (nSPS) is 19.6. The molecule has 0 spiro atoms. The van der Waals surface area contributed by atoms with Gasteiger partial charge >= 0.3 is 0 Å². The highest BCUT2D eigenvalue weighted by molar-refractivity contribution is 7.91. The summed E-state index contributed by atoms with van der Waals surface area (Å²) in [5, 5.41) is 1.69. The Morgan fingerprint density at radius 2 is 2.14 bits per heavy atom. The van der Waals surface area contributed by atoms with Gasteiger partial charge in [-0.3, -0.25) is 0 Å². The third-order valence-corrected chi connectivity index (χ3v) is 5.17. The number of halogens is 1. The van der Waals surface area contributed by atoms with Crippen LogP contribution in [0.4, 0.5) is 5.82 Å². The lowest BCUT2D eigenvalue weighted by molar-refractivity contribution is 0.0987. The van der Waals surface area contributed by atoms with Crippen molar-refractivity contribution in [3.63, 3.8) is 0 Å². The van der Waals surface area contributed by atoms with E-state index < -0.39 is 9.84 Å². The molecule has 0 radical (unpaired) electrons. The summed E-state index contributed by atoms with van der Waals surface area (Å²) in [6, 6.07) is 6.99. The van der Waals surface area contributed by atoms with Gasteiger partial charge in [0, 0.05) is 23.6 Å². The molecular weight excluding hydrogens is 324 g/mol. The second-order valence-corrected chi connectivity index (χ2v) is 7.88. The molecule has 118 valence electrons. The molecule has 1 aromatic heterocycles. The molecule has 1 aliphatic rings. The molecule has 1 saturated heterocycles. The number of nitrogens with zero attached hydrogens (tertiary/aromatic N) is 2. The van der Waals surface area contributed by atoms with Crippen LogP contribution in [0.2, 0.25) is 5.15 Å². The highest BCUT2D eigenvalue weighted by Gasteiger charge is 2.24. The number of hydrogen-bond donors (Lipinski definition) is 0. The molecule has 22 heavy (non-hydrogen) atoms. The van der Waals surface area contributed by atoms with Crippen LogP contribution in [-0.2, 0) is 14.6 Å². The van der Waals surface area contributed by atoms with E-state index in [0.717, 1.165) is 5.39 Å². The Labute approximate surface area is 134 Å². The first-order valence-electron chi connectivity index (χ1n) is 7.01. The molecule has 0 saturated carbocycles. The molecule has 7 heteroatoms. The van der Waals surface area contributed by atoms with Crippen LogP contribution in [0.3, 0.4) is 0 Å². The Morgan fingerprint density at radius 3 is 2.82 bits per heavy atom. The van der Waals surface area contributed by atoms with Crippen LogP contribution in [-0.4, -0.2) is 45.5 Å². The van der Waals surface area contributed by atoms with Crippen LogP contribution in [0, 0.1) is 0 Å². The van der Waals surface area contributed by atoms with Gasteiger partial charge in [0.15, 0.2) is 9.84 Å². The topological polar surface area (TPSA) is 59.5 Å². The Morgan fingerprint density at radius 1 is 1.36 bits per heavy atom. The maximum atomic E-state index is 12.0.